The van der Waals surface area contributed by atoms with Crippen molar-refractivity contribution < 1.29 is 9.18 Å². The fourth-order valence-corrected chi connectivity index (χ4v) is 1.89. The summed E-state index contributed by atoms with van der Waals surface area (Å²) in [5.41, 5.74) is 1.67. The minimum absolute atomic E-state index is 0.327. The van der Waals surface area contributed by atoms with Crippen LogP contribution >= 0.6 is 15.9 Å². The van der Waals surface area contributed by atoms with Crippen LogP contribution < -0.4 is 0 Å². The lowest BCUT2D eigenvalue weighted by atomic mass is 10.3. The van der Waals surface area contributed by atoms with Crippen LogP contribution in [0.1, 0.15) is 16.2 Å². The third-order valence-corrected chi connectivity index (χ3v) is 2.97. The van der Waals surface area contributed by atoms with Crippen molar-refractivity contribution in [2.45, 2.75) is 6.92 Å². The zero-order valence-electron chi connectivity index (χ0n) is 8.45. The molecule has 0 saturated carbocycles. The first-order valence-electron chi connectivity index (χ1n) is 4.59. The molecule has 0 unspecified atom stereocenters. The van der Waals surface area contributed by atoms with Crippen molar-refractivity contribution in [2.24, 2.45) is 0 Å². The molecule has 0 atom stereocenters. The van der Waals surface area contributed by atoms with E-state index in [1.807, 2.05) is 0 Å². The number of carbonyl (C=O) groups is 1. The van der Waals surface area contributed by atoms with Gasteiger partial charge in [0.15, 0.2) is 6.29 Å². The molecule has 0 amide bonds. The van der Waals surface area contributed by atoms with Crippen molar-refractivity contribution in [2.75, 3.05) is 0 Å². The van der Waals surface area contributed by atoms with Crippen LogP contribution in [0.4, 0.5) is 4.39 Å². The molecule has 0 N–H and O–H groups in total. The van der Waals surface area contributed by atoms with Crippen LogP contribution in [0.25, 0.3) is 5.69 Å². The SMILES string of the molecule is Cc1cc(C=O)nn1-c1cccc(F)c1Br. The van der Waals surface area contributed by atoms with Gasteiger partial charge in [-0.3, -0.25) is 4.79 Å². The molecule has 5 heteroatoms. The van der Waals surface area contributed by atoms with Crippen LogP contribution in [-0.2, 0) is 0 Å². The number of benzene rings is 1. The summed E-state index contributed by atoms with van der Waals surface area (Å²) >= 11 is 3.16. The average Bonchev–Trinajstić information content (AvgIpc) is 2.64. The van der Waals surface area contributed by atoms with Crippen molar-refractivity contribution in [1.82, 2.24) is 9.78 Å². The quantitative estimate of drug-likeness (QED) is 0.794. The predicted molar refractivity (Wildman–Crippen MR) is 61.3 cm³/mol. The number of aldehydes is 1. The van der Waals surface area contributed by atoms with Gasteiger partial charge in [0.05, 0.1) is 10.2 Å². The molecule has 0 radical (unpaired) electrons. The van der Waals surface area contributed by atoms with E-state index in [-0.39, 0.29) is 5.82 Å². The van der Waals surface area contributed by atoms with Crippen molar-refractivity contribution in [3.63, 3.8) is 0 Å². The van der Waals surface area contributed by atoms with Gasteiger partial charge in [-0.25, -0.2) is 9.07 Å². The molecule has 0 fully saturated rings. The molecule has 0 spiro atoms. The van der Waals surface area contributed by atoms with Crippen LogP contribution in [0, 0.1) is 12.7 Å². The number of carbonyl (C=O) groups excluding carboxylic acids is 1. The second kappa shape index (κ2) is 4.17. The topological polar surface area (TPSA) is 34.9 Å². The van der Waals surface area contributed by atoms with Gasteiger partial charge in [0.25, 0.3) is 0 Å². The normalized spacial score (nSPS) is 10.4. The zero-order chi connectivity index (χ0) is 11.7. The van der Waals surface area contributed by atoms with Crippen LogP contribution in [0.15, 0.2) is 28.7 Å². The summed E-state index contributed by atoms with van der Waals surface area (Å²) in [6, 6.07) is 6.32. The number of hydrogen-bond donors (Lipinski definition) is 0. The van der Waals surface area contributed by atoms with Gasteiger partial charge in [-0.15, -0.1) is 0 Å². The molecule has 0 bridgehead atoms. The van der Waals surface area contributed by atoms with E-state index in [0.29, 0.717) is 22.1 Å². The molecule has 82 valence electrons. The van der Waals surface area contributed by atoms with Crippen LogP contribution in [0.3, 0.4) is 0 Å². The first-order valence-corrected chi connectivity index (χ1v) is 5.39. The summed E-state index contributed by atoms with van der Waals surface area (Å²) in [5, 5.41) is 4.05. The Morgan fingerprint density at radius 3 is 2.88 bits per heavy atom. The fraction of sp³-hybridized carbons (Fsp3) is 0.0909. The van der Waals surface area contributed by atoms with E-state index < -0.39 is 0 Å². The molecule has 0 aliphatic heterocycles. The van der Waals surface area contributed by atoms with Crippen molar-refractivity contribution in [1.29, 1.82) is 0 Å². The third-order valence-electron chi connectivity index (χ3n) is 2.19. The first kappa shape index (κ1) is 11.0. The van der Waals surface area contributed by atoms with E-state index in [2.05, 4.69) is 21.0 Å². The van der Waals surface area contributed by atoms with Gasteiger partial charge < -0.3 is 0 Å². The largest absolute Gasteiger partial charge is 0.296 e. The highest BCUT2D eigenvalue weighted by Crippen LogP contribution is 2.24. The van der Waals surface area contributed by atoms with E-state index in [9.17, 15) is 9.18 Å². The van der Waals surface area contributed by atoms with E-state index in [0.717, 1.165) is 5.69 Å². The lowest BCUT2D eigenvalue weighted by Gasteiger charge is -2.06. The molecule has 1 aromatic heterocycles. The summed E-state index contributed by atoms with van der Waals surface area (Å²) < 4.78 is 15.2. The van der Waals surface area contributed by atoms with E-state index in [1.54, 1.807) is 25.1 Å². The molecule has 2 aromatic rings. The van der Waals surface area contributed by atoms with Gasteiger partial charge in [0, 0.05) is 5.69 Å². The van der Waals surface area contributed by atoms with E-state index >= 15 is 0 Å². The second-order valence-corrected chi connectivity index (χ2v) is 4.11. The number of aromatic nitrogens is 2. The van der Waals surface area contributed by atoms with Crippen molar-refractivity contribution in [3.8, 4) is 5.69 Å². The summed E-state index contributed by atoms with van der Waals surface area (Å²) in [6.07, 6.45) is 0.663. The Balaban J connectivity index is 2.62. The average molecular weight is 283 g/mol. The number of hydrogen-bond acceptors (Lipinski definition) is 2. The molecule has 1 heterocycles. The Bertz CT molecular complexity index is 551. The number of nitrogens with zero attached hydrogens (tertiary/aromatic N) is 2. The molecule has 0 saturated heterocycles. The minimum Gasteiger partial charge on any atom is -0.296 e. The van der Waals surface area contributed by atoms with E-state index in [4.69, 9.17) is 0 Å². The van der Waals surface area contributed by atoms with Crippen LogP contribution in [-0.4, -0.2) is 16.1 Å². The molecule has 0 aliphatic carbocycles. The maximum Gasteiger partial charge on any atom is 0.170 e. The second-order valence-electron chi connectivity index (χ2n) is 3.31. The first-order chi connectivity index (χ1) is 7.63. The smallest absolute Gasteiger partial charge is 0.170 e. The van der Waals surface area contributed by atoms with Gasteiger partial charge in [0.2, 0.25) is 0 Å². The van der Waals surface area contributed by atoms with Crippen molar-refractivity contribution in [3.05, 3.63) is 45.9 Å². The third kappa shape index (κ3) is 1.78. The predicted octanol–water partition coefficient (Wildman–Crippen LogP) is 2.89. The van der Waals surface area contributed by atoms with Crippen LogP contribution in [0.2, 0.25) is 0 Å². The molecule has 1 aromatic carbocycles. The number of rotatable bonds is 2. The van der Waals surface area contributed by atoms with Gasteiger partial charge in [-0.1, -0.05) is 6.07 Å². The molecule has 0 aliphatic rings. The van der Waals surface area contributed by atoms with Gasteiger partial charge in [-0.2, -0.15) is 5.10 Å². The fourth-order valence-electron chi connectivity index (χ4n) is 1.46. The standard InChI is InChI=1S/C11H8BrFN2O/c1-7-5-8(6-16)14-15(7)10-4-2-3-9(13)11(10)12/h2-6H,1H3. The zero-order valence-corrected chi connectivity index (χ0v) is 10.0. The van der Waals surface area contributed by atoms with Crippen molar-refractivity contribution >= 4 is 22.2 Å². The van der Waals surface area contributed by atoms with Gasteiger partial charge >= 0.3 is 0 Å². The molecular formula is C11H8BrFN2O. The molecule has 16 heavy (non-hydrogen) atoms. The highest BCUT2D eigenvalue weighted by molar-refractivity contribution is 9.10. The molecule has 3 nitrogen and oxygen atoms in total. The summed E-state index contributed by atoms with van der Waals surface area (Å²) in [4.78, 5) is 10.6. The maximum absolute atomic E-state index is 13.3. The summed E-state index contributed by atoms with van der Waals surface area (Å²) in [6.45, 7) is 1.80. The highest BCUT2D eigenvalue weighted by Gasteiger charge is 2.11. The Kier molecular flexibility index (Phi) is 2.87. The van der Waals surface area contributed by atoms with Crippen LogP contribution in [0.5, 0.6) is 0 Å². The monoisotopic (exact) mass is 282 g/mol. The maximum atomic E-state index is 13.3. The Hall–Kier alpha value is -1.49. The van der Waals surface area contributed by atoms with Gasteiger partial charge in [-0.05, 0) is 41.1 Å². The Labute approximate surface area is 100 Å². The number of halogens is 2. The summed E-state index contributed by atoms with van der Waals surface area (Å²) in [7, 11) is 0. The number of aryl methyl sites for hydroxylation is 1. The molecule has 2 rings (SSSR count). The van der Waals surface area contributed by atoms with Gasteiger partial charge in [0.1, 0.15) is 11.5 Å². The Morgan fingerprint density at radius 2 is 2.25 bits per heavy atom. The van der Waals surface area contributed by atoms with E-state index in [1.165, 1.54) is 10.7 Å². The lowest BCUT2D eigenvalue weighted by Crippen LogP contribution is -2.01. The lowest BCUT2D eigenvalue weighted by molar-refractivity contribution is 0.111. The minimum atomic E-state index is -0.361. The summed E-state index contributed by atoms with van der Waals surface area (Å²) in [5.74, 6) is -0.361. The molecular weight excluding hydrogens is 275 g/mol. The highest BCUT2D eigenvalue weighted by atomic mass is 79.9. The Morgan fingerprint density at radius 1 is 1.50 bits per heavy atom.